The Morgan fingerprint density at radius 3 is 2.33 bits per heavy atom. The minimum atomic E-state index is -4.71. The standard InChI is InChI=1S/C20H17F3N6O2.C10H14N2O2/c1-2-28-18-12(11-25-29(18)13-6-4-3-5-7-13)10-14(19(28)31)26-17(30)16-24-9-8-15(27-16)20(21,22)23;1-10(2,3)14-9(13)12-8-6-4-5-7-11-8/h3-9,11,14H,2,10H2,1H3,(H,26,30);4-7H,1-3H3,(H,11,12,13). The summed E-state index contributed by atoms with van der Waals surface area (Å²) in [7, 11) is 0. The largest absolute Gasteiger partial charge is 0.444 e. The predicted molar refractivity (Wildman–Crippen MR) is 158 cm³/mol. The van der Waals surface area contributed by atoms with Gasteiger partial charge in [0, 0.05) is 30.9 Å². The minimum Gasteiger partial charge on any atom is -0.444 e. The number of nitrogens with one attached hydrogen (secondary N) is 2. The van der Waals surface area contributed by atoms with Crippen molar-refractivity contribution in [1.29, 1.82) is 0 Å². The first kappa shape index (κ1) is 32.6. The van der Waals surface area contributed by atoms with Crippen LogP contribution in [0.5, 0.6) is 0 Å². The number of fused-ring (bicyclic) bond motifs is 1. The molecule has 1 atom stereocenters. The molecule has 0 saturated carbocycles. The van der Waals surface area contributed by atoms with Gasteiger partial charge in [-0.3, -0.25) is 19.8 Å². The first-order chi connectivity index (χ1) is 21.3. The Balaban J connectivity index is 0.000000276. The topological polar surface area (TPSA) is 144 Å². The van der Waals surface area contributed by atoms with Crippen molar-refractivity contribution in [3.63, 3.8) is 0 Å². The number of rotatable bonds is 5. The van der Waals surface area contributed by atoms with Gasteiger partial charge >= 0.3 is 12.3 Å². The molecule has 236 valence electrons. The van der Waals surface area contributed by atoms with E-state index in [-0.39, 0.29) is 6.42 Å². The van der Waals surface area contributed by atoms with E-state index in [9.17, 15) is 27.6 Å². The van der Waals surface area contributed by atoms with E-state index < -0.39 is 47.2 Å². The van der Waals surface area contributed by atoms with Gasteiger partial charge in [-0.25, -0.2) is 24.4 Å². The van der Waals surface area contributed by atoms with E-state index in [1.807, 2.05) is 51.1 Å². The highest BCUT2D eigenvalue weighted by molar-refractivity contribution is 6.03. The van der Waals surface area contributed by atoms with Gasteiger partial charge in [0.1, 0.15) is 29.0 Å². The molecule has 3 amide bonds. The first-order valence-electron chi connectivity index (χ1n) is 13.8. The van der Waals surface area contributed by atoms with Crippen LogP contribution in [0.2, 0.25) is 0 Å². The second kappa shape index (κ2) is 13.5. The van der Waals surface area contributed by atoms with Crippen molar-refractivity contribution >= 4 is 29.5 Å². The van der Waals surface area contributed by atoms with Gasteiger partial charge in [0.2, 0.25) is 5.82 Å². The molecular weight excluding hydrogens is 593 g/mol. The first-order valence-corrected chi connectivity index (χ1v) is 13.8. The predicted octanol–water partition coefficient (Wildman–Crippen LogP) is 4.82. The van der Waals surface area contributed by atoms with Gasteiger partial charge in [-0.2, -0.15) is 18.3 Å². The van der Waals surface area contributed by atoms with Gasteiger partial charge in [0.05, 0.1) is 11.9 Å². The fraction of sp³-hybridized carbons (Fsp3) is 0.300. The number of carbonyl (C=O) groups is 3. The zero-order chi connectivity index (χ0) is 32.8. The lowest BCUT2D eigenvalue weighted by Crippen LogP contribution is -2.53. The van der Waals surface area contributed by atoms with Gasteiger partial charge in [0.15, 0.2) is 0 Å². The van der Waals surface area contributed by atoms with Crippen LogP contribution < -0.4 is 15.5 Å². The van der Waals surface area contributed by atoms with Crippen LogP contribution in [0.4, 0.5) is 29.6 Å². The number of hydrogen-bond donors (Lipinski definition) is 2. The fourth-order valence-electron chi connectivity index (χ4n) is 4.28. The number of halogens is 3. The average Bonchev–Trinajstić information content (AvgIpc) is 3.41. The molecule has 4 heterocycles. The van der Waals surface area contributed by atoms with E-state index in [1.54, 1.807) is 42.2 Å². The molecule has 0 radical (unpaired) electrons. The van der Waals surface area contributed by atoms with Crippen LogP contribution in [-0.2, 0) is 22.1 Å². The summed E-state index contributed by atoms with van der Waals surface area (Å²) >= 11 is 0. The number of alkyl halides is 3. The number of amides is 3. The Bertz CT molecular complexity index is 1640. The van der Waals surface area contributed by atoms with E-state index >= 15 is 0 Å². The monoisotopic (exact) mass is 624 g/mol. The molecule has 5 rings (SSSR count). The molecular formula is C30H31F3N8O4. The van der Waals surface area contributed by atoms with E-state index in [1.165, 1.54) is 4.90 Å². The third-order valence-corrected chi connectivity index (χ3v) is 6.13. The maximum Gasteiger partial charge on any atom is 0.433 e. The lowest BCUT2D eigenvalue weighted by atomic mass is 10.0. The number of benzene rings is 1. The highest BCUT2D eigenvalue weighted by Gasteiger charge is 2.37. The highest BCUT2D eigenvalue weighted by atomic mass is 19.4. The van der Waals surface area contributed by atoms with Crippen LogP contribution in [0, 0.1) is 0 Å². The van der Waals surface area contributed by atoms with Crippen LogP contribution in [0.25, 0.3) is 5.69 Å². The third-order valence-electron chi connectivity index (χ3n) is 6.13. The molecule has 3 aromatic heterocycles. The normalized spacial score (nSPS) is 14.5. The molecule has 0 saturated heterocycles. The molecule has 2 N–H and O–H groups in total. The summed E-state index contributed by atoms with van der Waals surface area (Å²) in [6, 6.07) is 14.2. The number of nitrogens with zero attached hydrogens (tertiary/aromatic N) is 6. The molecule has 1 aliphatic rings. The number of pyridine rings is 1. The Morgan fingerprint density at radius 1 is 1.00 bits per heavy atom. The highest BCUT2D eigenvalue weighted by Crippen LogP contribution is 2.30. The lowest BCUT2D eigenvalue weighted by Gasteiger charge is -2.32. The number of anilines is 2. The summed E-state index contributed by atoms with van der Waals surface area (Å²) in [6.07, 6.45) is -0.991. The molecule has 0 aliphatic carbocycles. The lowest BCUT2D eigenvalue weighted by molar-refractivity contribution is -0.141. The quantitative estimate of drug-likeness (QED) is 0.322. The number of ether oxygens (including phenoxy) is 1. The van der Waals surface area contributed by atoms with Crippen molar-refractivity contribution in [3.8, 4) is 5.69 Å². The molecule has 1 aromatic carbocycles. The van der Waals surface area contributed by atoms with Gasteiger partial charge in [-0.1, -0.05) is 24.3 Å². The molecule has 1 aliphatic heterocycles. The summed E-state index contributed by atoms with van der Waals surface area (Å²) in [4.78, 5) is 49.1. The van der Waals surface area contributed by atoms with Crippen molar-refractivity contribution in [1.82, 2.24) is 30.0 Å². The zero-order valence-electron chi connectivity index (χ0n) is 24.9. The Kier molecular flexibility index (Phi) is 9.79. The summed E-state index contributed by atoms with van der Waals surface area (Å²) in [5.41, 5.74) is -0.224. The number of likely N-dealkylation sites (N-methyl/N-ethyl adjacent to an activating group) is 1. The fourth-order valence-corrected chi connectivity index (χ4v) is 4.28. The Labute approximate surface area is 256 Å². The van der Waals surface area contributed by atoms with Crippen LogP contribution >= 0.6 is 0 Å². The number of hydrogen-bond acceptors (Lipinski definition) is 8. The van der Waals surface area contributed by atoms with Crippen LogP contribution in [-0.4, -0.2) is 60.8 Å². The maximum atomic E-state index is 13.0. The average molecular weight is 625 g/mol. The van der Waals surface area contributed by atoms with Gasteiger partial charge in [-0.15, -0.1) is 0 Å². The van der Waals surface area contributed by atoms with Crippen molar-refractivity contribution in [2.75, 3.05) is 16.8 Å². The van der Waals surface area contributed by atoms with Gasteiger partial charge in [-0.05, 0) is 58.0 Å². The van der Waals surface area contributed by atoms with Crippen molar-refractivity contribution < 1.29 is 32.3 Å². The zero-order valence-corrected chi connectivity index (χ0v) is 24.9. The number of carbonyl (C=O) groups excluding carboxylic acids is 3. The summed E-state index contributed by atoms with van der Waals surface area (Å²) in [5.74, 6) is -0.926. The smallest absolute Gasteiger partial charge is 0.433 e. The van der Waals surface area contributed by atoms with Gasteiger partial charge in [0.25, 0.3) is 11.8 Å². The Hall–Kier alpha value is -5.34. The molecule has 15 heteroatoms. The molecule has 0 spiro atoms. The summed E-state index contributed by atoms with van der Waals surface area (Å²) in [5, 5.41) is 9.36. The molecule has 45 heavy (non-hydrogen) atoms. The van der Waals surface area contributed by atoms with Crippen molar-refractivity contribution in [2.24, 2.45) is 0 Å². The van der Waals surface area contributed by atoms with Gasteiger partial charge < -0.3 is 10.1 Å². The number of para-hydroxylation sites is 1. The van der Waals surface area contributed by atoms with Crippen molar-refractivity contribution in [2.45, 2.75) is 51.9 Å². The second-order valence-electron chi connectivity index (χ2n) is 10.7. The molecule has 12 nitrogen and oxygen atoms in total. The SMILES string of the molecule is CC(C)(C)OC(=O)Nc1ccccn1.CCN1C(=O)C(NC(=O)c2nccc(C(F)(F)F)n2)Cc2cnn(-c3ccccc3)c21. The second-order valence-corrected chi connectivity index (χ2v) is 10.7. The number of aromatic nitrogens is 5. The van der Waals surface area contributed by atoms with E-state index in [0.29, 0.717) is 24.2 Å². The van der Waals surface area contributed by atoms with E-state index in [4.69, 9.17) is 4.74 Å². The van der Waals surface area contributed by atoms with Crippen LogP contribution in [0.3, 0.4) is 0 Å². The van der Waals surface area contributed by atoms with Crippen molar-refractivity contribution in [3.05, 3.63) is 90.3 Å². The van der Waals surface area contributed by atoms with E-state index in [2.05, 4.69) is 30.7 Å². The Morgan fingerprint density at radius 2 is 1.71 bits per heavy atom. The molecule has 0 fully saturated rings. The summed E-state index contributed by atoms with van der Waals surface area (Å²) < 4.78 is 45.3. The maximum absolute atomic E-state index is 13.0. The summed E-state index contributed by atoms with van der Waals surface area (Å²) in [6.45, 7) is 7.53. The van der Waals surface area contributed by atoms with Crippen LogP contribution in [0.1, 0.15) is 49.6 Å². The molecule has 1 unspecified atom stereocenters. The molecule has 4 aromatic rings. The molecule has 0 bridgehead atoms. The third kappa shape index (κ3) is 8.40. The van der Waals surface area contributed by atoms with Crippen LogP contribution in [0.15, 0.2) is 73.2 Å². The van der Waals surface area contributed by atoms with E-state index in [0.717, 1.165) is 17.4 Å². The minimum absolute atomic E-state index is 0.141.